The first kappa shape index (κ1) is 12.6. The molecule has 1 aromatic heterocycles. The molecule has 0 bridgehead atoms. The molecule has 3 aromatic rings. The largest absolute Gasteiger partial charge is 0.342 e. The molecule has 0 amide bonds. The highest BCUT2D eigenvalue weighted by molar-refractivity contribution is 5.55. The molecule has 100 valence electrons. The molecule has 0 unspecified atom stereocenters. The first-order valence-electron chi connectivity index (χ1n) is 6.56. The molecule has 0 spiro atoms. The summed E-state index contributed by atoms with van der Waals surface area (Å²) in [6.45, 7) is 2.06. The molecule has 20 heavy (non-hydrogen) atoms. The third kappa shape index (κ3) is 2.77. The van der Waals surface area contributed by atoms with Crippen LogP contribution in [0.3, 0.4) is 0 Å². The fourth-order valence-electron chi connectivity index (χ4n) is 2.13. The van der Waals surface area contributed by atoms with E-state index in [2.05, 4.69) is 41.2 Å². The first-order chi connectivity index (χ1) is 9.70. The minimum atomic E-state index is -0.210. The Hall–Kier alpha value is -2.42. The molecule has 3 rings (SSSR count). The number of rotatable bonds is 3. The molecule has 0 fully saturated rings. The van der Waals surface area contributed by atoms with Gasteiger partial charge in [-0.15, -0.1) is 0 Å². The van der Waals surface area contributed by atoms with Crippen LogP contribution in [0.25, 0.3) is 11.4 Å². The fourth-order valence-corrected chi connectivity index (χ4v) is 2.13. The maximum atomic E-state index is 12.9. The molecule has 2 nitrogen and oxygen atoms in total. The van der Waals surface area contributed by atoms with Crippen molar-refractivity contribution in [1.82, 2.24) is 9.97 Å². The summed E-state index contributed by atoms with van der Waals surface area (Å²) in [5, 5.41) is 0. The van der Waals surface area contributed by atoms with Gasteiger partial charge in [0, 0.05) is 23.9 Å². The van der Waals surface area contributed by atoms with Crippen LogP contribution in [0, 0.1) is 12.7 Å². The molecule has 0 aliphatic heterocycles. The number of hydrogen-bond donors (Lipinski definition) is 1. The van der Waals surface area contributed by atoms with E-state index in [0.29, 0.717) is 0 Å². The normalized spacial score (nSPS) is 10.7. The zero-order valence-electron chi connectivity index (χ0n) is 11.2. The number of aromatic nitrogens is 2. The zero-order chi connectivity index (χ0) is 13.9. The lowest BCUT2D eigenvalue weighted by Gasteiger charge is -1.99. The van der Waals surface area contributed by atoms with E-state index in [1.807, 2.05) is 6.20 Å². The maximum absolute atomic E-state index is 12.9. The minimum Gasteiger partial charge on any atom is -0.342 e. The Bertz CT molecular complexity index is 697. The van der Waals surface area contributed by atoms with Crippen molar-refractivity contribution >= 4 is 0 Å². The molecule has 1 N–H and O–H groups in total. The van der Waals surface area contributed by atoms with Crippen LogP contribution in [-0.2, 0) is 6.42 Å². The smallest absolute Gasteiger partial charge is 0.137 e. The van der Waals surface area contributed by atoms with Crippen LogP contribution in [0.2, 0.25) is 0 Å². The summed E-state index contributed by atoms with van der Waals surface area (Å²) >= 11 is 0. The number of H-pyrrole nitrogens is 1. The number of nitrogens with zero attached hydrogens (tertiary/aromatic N) is 1. The summed E-state index contributed by atoms with van der Waals surface area (Å²) in [5.41, 5.74) is 4.38. The van der Waals surface area contributed by atoms with Crippen molar-refractivity contribution in [2.75, 3.05) is 0 Å². The van der Waals surface area contributed by atoms with Gasteiger partial charge in [0.2, 0.25) is 0 Å². The Morgan fingerprint density at radius 3 is 2.40 bits per heavy atom. The molecular formula is C17H15FN2. The van der Waals surface area contributed by atoms with E-state index in [0.717, 1.165) is 29.1 Å². The molecule has 0 atom stereocenters. The second-order valence-corrected chi connectivity index (χ2v) is 4.93. The highest BCUT2D eigenvalue weighted by atomic mass is 19.1. The molecule has 0 saturated heterocycles. The standard InChI is InChI=1S/C17H15FN2/c1-12-2-6-14(7-3-12)17-19-11-16(20-17)10-13-4-8-15(18)9-5-13/h2-9,11H,10H2,1H3,(H,19,20). The van der Waals surface area contributed by atoms with Gasteiger partial charge in [0.25, 0.3) is 0 Å². The lowest BCUT2D eigenvalue weighted by atomic mass is 10.1. The van der Waals surface area contributed by atoms with Crippen molar-refractivity contribution in [3.63, 3.8) is 0 Å². The van der Waals surface area contributed by atoms with Crippen LogP contribution in [-0.4, -0.2) is 9.97 Å². The average Bonchev–Trinajstić information content (AvgIpc) is 2.91. The lowest BCUT2D eigenvalue weighted by Crippen LogP contribution is -1.89. The average molecular weight is 266 g/mol. The van der Waals surface area contributed by atoms with E-state index >= 15 is 0 Å². The van der Waals surface area contributed by atoms with Gasteiger partial charge in [0.15, 0.2) is 0 Å². The molecule has 0 radical (unpaired) electrons. The Morgan fingerprint density at radius 1 is 1.00 bits per heavy atom. The van der Waals surface area contributed by atoms with Crippen LogP contribution in [0.5, 0.6) is 0 Å². The van der Waals surface area contributed by atoms with Crippen molar-refractivity contribution in [3.05, 3.63) is 77.4 Å². The van der Waals surface area contributed by atoms with Gasteiger partial charge in [0.05, 0.1) is 0 Å². The Kier molecular flexibility index (Phi) is 3.33. The Labute approximate surface area is 117 Å². The van der Waals surface area contributed by atoms with Crippen LogP contribution in [0.4, 0.5) is 4.39 Å². The number of halogens is 1. The van der Waals surface area contributed by atoms with Crippen molar-refractivity contribution in [2.24, 2.45) is 0 Å². The molecule has 3 heteroatoms. The Balaban J connectivity index is 1.80. The molecule has 0 aliphatic rings. The minimum absolute atomic E-state index is 0.210. The van der Waals surface area contributed by atoms with Gasteiger partial charge < -0.3 is 4.98 Å². The second-order valence-electron chi connectivity index (χ2n) is 4.93. The van der Waals surface area contributed by atoms with Crippen molar-refractivity contribution in [3.8, 4) is 11.4 Å². The van der Waals surface area contributed by atoms with Crippen LogP contribution in [0.1, 0.15) is 16.8 Å². The van der Waals surface area contributed by atoms with Crippen molar-refractivity contribution < 1.29 is 4.39 Å². The van der Waals surface area contributed by atoms with Gasteiger partial charge in [-0.25, -0.2) is 9.37 Å². The Morgan fingerprint density at radius 2 is 1.70 bits per heavy atom. The van der Waals surface area contributed by atoms with Crippen LogP contribution in [0.15, 0.2) is 54.7 Å². The second kappa shape index (κ2) is 5.29. The van der Waals surface area contributed by atoms with E-state index in [4.69, 9.17) is 0 Å². The topological polar surface area (TPSA) is 28.7 Å². The molecule has 2 aromatic carbocycles. The first-order valence-corrected chi connectivity index (χ1v) is 6.56. The van der Waals surface area contributed by atoms with Crippen molar-refractivity contribution in [1.29, 1.82) is 0 Å². The van der Waals surface area contributed by atoms with E-state index < -0.39 is 0 Å². The third-order valence-electron chi connectivity index (χ3n) is 3.26. The van der Waals surface area contributed by atoms with Gasteiger partial charge >= 0.3 is 0 Å². The van der Waals surface area contributed by atoms with Crippen LogP contribution < -0.4 is 0 Å². The van der Waals surface area contributed by atoms with Gasteiger partial charge in [-0.1, -0.05) is 42.0 Å². The summed E-state index contributed by atoms with van der Waals surface area (Å²) in [6.07, 6.45) is 2.55. The number of nitrogens with one attached hydrogen (secondary N) is 1. The number of benzene rings is 2. The van der Waals surface area contributed by atoms with Crippen molar-refractivity contribution in [2.45, 2.75) is 13.3 Å². The molecular weight excluding hydrogens is 251 g/mol. The monoisotopic (exact) mass is 266 g/mol. The number of aromatic amines is 1. The number of imidazole rings is 1. The molecule has 0 saturated carbocycles. The zero-order valence-corrected chi connectivity index (χ0v) is 11.2. The SMILES string of the molecule is Cc1ccc(-c2ncc(Cc3ccc(F)cc3)[nH]2)cc1. The van der Waals surface area contributed by atoms with E-state index in [1.165, 1.54) is 17.7 Å². The summed E-state index contributed by atoms with van der Waals surface area (Å²) in [5.74, 6) is 0.654. The van der Waals surface area contributed by atoms with Gasteiger partial charge in [-0.05, 0) is 24.6 Å². The van der Waals surface area contributed by atoms with E-state index in [9.17, 15) is 4.39 Å². The highest BCUT2D eigenvalue weighted by Gasteiger charge is 2.04. The summed E-state index contributed by atoms with van der Waals surface area (Å²) in [4.78, 5) is 7.71. The van der Waals surface area contributed by atoms with E-state index in [1.54, 1.807) is 12.1 Å². The quantitative estimate of drug-likeness (QED) is 0.759. The van der Waals surface area contributed by atoms with Gasteiger partial charge in [-0.3, -0.25) is 0 Å². The van der Waals surface area contributed by atoms with Crippen LogP contribution >= 0.6 is 0 Å². The predicted molar refractivity (Wildman–Crippen MR) is 78.0 cm³/mol. The molecule has 0 aliphatic carbocycles. The third-order valence-corrected chi connectivity index (χ3v) is 3.26. The van der Waals surface area contributed by atoms with E-state index in [-0.39, 0.29) is 5.82 Å². The fraction of sp³-hybridized carbons (Fsp3) is 0.118. The summed E-state index contributed by atoms with van der Waals surface area (Å²) in [7, 11) is 0. The summed E-state index contributed by atoms with van der Waals surface area (Å²) in [6, 6.07) is 14.8. The van der Waals surface area contributed by atoms with Gasteiger partial charge in [0.1, 0.15) is 11.6 Å². The molecule has 1 heterocycles. The highest BCUT2D eigenvalue weighted by Crippen LogP contribution is 2.17. The predicted octanol–water partition coefficient (Wildman–Crippen LogP) is 4.12. The lowest BCUT2D eigenvalue weighted by molar-refractivity contribution is 0.627. The van der Waals surface area contributed by atoms with Gasteiger partial charge in [-0.2, -0.15) is 0 Å². The summed E-state index contributed by atoms with van der Waals surface area (Å²) < 4.78 is 12.9. The number of hydrogen-bond acceptors (Lipinski definition) is 1. The number of aryl methyl sites for hydroxylation is 1. The maximum Gasteiger partial charge on any atom is 0.137 e.